The molecule has 6 nitrogen and oxygen atoms in total. The molecule has 2 aromatic rings. The van der Waals surface area contributed by atoms with Crippen LogP contribution in [0, 0.1) is 11.6 Å². The number of rotatable bonds is 9. The van der Waals surface area contributed by atoms with E-state index in [-0.39, 0.29) is 5.69 Å². The number of hydrogen-bond donors (Lipinski definition) is 1. The largest absolute Gasteiger partial charge is 0.490 e. The molecule has 8 heteroatoms. The van der Waals surface area contributed by atoms with Crippen molar-refractivity contribution in [3.8, 4) is 11.5 Å². The molecule has 0 aliphatic heterocycles. The summed E-state index contributed by atoms with van der Waals surface area (Å²) in [4.78, 5) is 24.1. The Morgan fingerprint density at radius 2 is 1.73 bits per heavy atom. The van der Waals surface area contributed by atoms with E-state index in [9.17, 15) is 18.4 Å². The monoisotopic (exact) mass is 419 g/mol. The van der Waals surface area contributed by atoms with Crippen LogP contribution in [-0.4, -0.2) is 31.2 Å². The van der Waals surface area contributed by atoms with Crippen molar-refractivity contribution < 1.29 is 32.6 Å². The molecule has 0 radical (unpaired) electrons. The normalized spacial score (nSPS) is 11.8. The van der Waals surface area contributed by atoms with Gasteiger partial charge in [-0.3, -0.25) is 4.79 Å². The molecule has 0 spiro atoms. The highest BCUT2D eigenvalue weighted by atomic mass is 19.1. The van der Waals surface area contributed by atoms with Crippen LogP contribution in [0.25, 0.3) is 6.08 Å². The molecular weight excluding hydrogens is 396 g/mol. The van der Waals surface area contributed by atoms with E-state index in [0.717, 1.165) is 18.2 Å². The van der Waals surface area contributed by atoms with Crippen molar-refractivity contribution in [3.63, 3.8) is 0 Å². The summed E-state index contributed by atoms with van der Waals surface area (Å²) in [7, 11) is 0. The molecule has 0 fully saturated rings. The molecule has 30 heavy (non-hydrogen) atoms. The second-order valence-corrected chi connectivity index (χ2v) is 6.10. The van der Waals surface area contributed by atoms with E-state index in [1.807, 2.05) is 13.8 Å². The van der Waals surface area contributed by atoms with E-state index < -0.39 is 29.6 Å². The average Bonchev–Trinajstić information content (AvgIpc) is 2.70. The first-order valence-electron chi connectivity index (χ1n) is 9.38. The third-order valence-corrected chi connectivity index (χ3v) is 3.83. The number of esters is 1. The lowest BCUT2D eigenvalue weighted by molar-refractivity contribution is -0.148. The van der Waals surface area contributed by atoms with Gasteiger partial charge < -0.3 is 19.5 Å². The van der Waals surface area contributed by atoms with Crippen molar-refractivity contribution >= 4 is 23.6 Å². The fraction of sp³-hybridized carbons (Fsp3) is 0.273. The summed E-state index contributed by atoms with van der Waals surface area (Å²) in [6.07, 6.45) is 1.48. The Bertz CT molecular complexity index is 930. The van der Waals surface area contributed by atoms with Gasteiger partial charge in [0.2, 0.25) is 0 Å². The predicted octanol–water partition coefficient (Wildman–Crippen LogP) is 4.35. The van der Waals surface area contributed by atoms with Crippen LogP contribution in [-0.2, 0) is 14.3 Å². The van der Waals surface area contributed by atoms with Crippen molar-refractivity contribution in [2.45, 2.75) is 26.9 Å². The number of amides is 1. The van der Waals surface area contributed by atoms with Crippen LogP contribution >= 0.6 is 0 Å². The van der Waals surface area contributed by atoms with Gasteiger partial charge in [-0.1, -0.05) is 6.07 Å². The minimum absolute atomic E-state index is 0.210. The third kappa shape index (κ3) is 6.58. The maximum absolute atomic E-state index is 13.6. The number of carbonyl (C=O) groups excluding carboxylic acids is 2. The number of carbonyl (C=O) groups is 2. The molecule has 0 saturated heterocycles. The zero-order valence-corrected chi connectivity index (χ0v) is 16.9. The van der Waals surface area contributed by atoms with Gasteiger partial charge in [0, 0.05) is 12.1 Å². The maximum atomic E-state index is 13.6. The SMILES string of the molecule is CCOc1ccc(/C=C/C(=O)O[C@H](C)C(=O)Nc2ccc(F)cc2F)cc1OCC. The smallest absolute Gasteiger partial charge is 0.331 e. The molecule has 0 aliphatic rings. The molecular formula is C22H23F2NO5. The third-order valence-electron chi connectivity index (χ3n) is 3.83. The van der Waals surface area contributed by atoms with Crippen molar-refractivity contribution in [1.29, 1.82) is 0 Å². The standard InChI is InChI=1S/C22H23F2NO5/c1-4-28-19-10-6-15(12-20(19)29-5-2)7-11-21(26)30-14(3)22(27)25-18-9-8-16(23)13-17(18)24/h6-14H,4-5H2,1-3H3,(H,25,27)/b11-7+/t14-/m1/s1. The summed E-state index contributed by atoms with van der Waals surface area (Å²) in [5.74, 6) is -2.06. The van der Waals surface area contributed by atoms with Crippen LogP contribution in [0.4, 0.5) is 14.5 Å². The van der Waals surface area contributed by atoms with E-state index in [4.69, 9.17) is 14.2 Å². The number of halogens is 2. The van der Waals surface area contributed by atoms with E-state index in [0.29, 0.717) is 36.3 Å². The van der Waals surface area contributed by atoms with E-state index in [1.54, 1.807) is 18.2 Å². The molecule has 0 saturated carbocycles. The molecule has 0 heterocycles. The Balaban J connectivity index is 1.97. The summed E-state index contributed by atoms with van der Waals surface area (Å²) in [5, 5.41) is 2.24. The van der Waals surface area contributed by atoms with Crippen molar-refractivity contribution in [3.05, 3.63) is 59.7 Å². The van der Waals surface area contributed by atoms with Crippen LogP contribution in [0.3, 0.4) is 0 Å². The summed E-state index contributed by atoms with van der Waals surface area (Å²) in [5.41, 5.74) is 0.460. The lowest BCUT2D eigenvalue weighted by atomic mass is 10.2. The van der Waals surface area contributed by atoms with Crippen LogP contribution in [0.15, 0.2) is 42.5 Å². The number of nitrogens with one attached hydrogen (secondary N) is 1. The van der Waals surface area contributed by atoms with E-state index in [1.165, 1.54) is 13.0 Å². The summed E-state index contributed by atoms with van der Waals surface area (Å²) in [6, 6.07) is 7.91. The molecule has 2 rings (SSSR count). The van der Waals surface area contributed by atoms with Crippen molar-refractivity contribution in [1.82, 2.24) is 0 Å². The van der Waals surface area contributed by atoms with E-state index >= 15 is 0 Å². The van der Waals surface area contributed by atoms with Crippen LogP contribution in [0.1, 0.15) is 26.3 Å². The Hall–Kier alpha value is -3.42. The van der Waals surface area contributed by atoms with Gasteiger partial charge in [0.15, 0.2) is 17.6 Å². The zero-order chi connectivity index (χ0) is 22.1. The first-order valence-corrected chi connectivity index (χ1v) is 9.38. The molecule has 0 bridgehead atoms. The molecule has 2 aromatic carbocycles. The van der Waals surface area contributed by atoms with E-state index in [2.05, 4.69) is 5.32 Å². The molecule has 0 unspecified atom stereocenters. The first-order chi connectivity index (χ1) is 14.3. The number of benzene rings is 2. The fourth-order valence-corrected chi connectivity index (χ4v) is 2.43. The molecule has 160 valence electrons. The summed E-state index contributed by atoms with van der Waals surface area (Å²) < 4.78 is 42.6. The lowest BCUT2D eigenvalue weighted by Crippen LogP contribution is -2.29. The predicted molar refractivity (Wildman–Crippen MR) is 108 cm³/mol. The molecule has 0 aliphatic carbocycles. The molecule has 1 N–H and O–H groups in total. The Kier molecular flexibility index (Phi) is 8.34. The highest BCUT2D eigenvalue weighted by Crippen LogP contribution is 2.29. The summed E-state index contributed by atoms with van der Waals surface area (Å²) >= 11 is 0. The average molecular weight is 419 g/mol. The van der Waals surface area contributed by atoms with Crippen LogP contribution < -0.4 is 14.8 Å². The molecule has 1 atom stereocenters. The van der Waals surface area contributed by atoms with Gasteiger partial charge in [-0.25, -0.2) is 13.6 Å². The second kappa shape index (κ2) is 10.9. The first kappa shape index (κ1) is 22.9. The minimum Gasteiger partial charge on any atom is -0.490 e. The van der Waals surface area contributed by atoms with Gasteiger partial charge >= 0.3 is 5.97 Å². The minimum atomic E-state index is -1.19. The van der Waals surface area contributed by atoms with Crippen LogP contribution in [0.2, 0.25) is 0 Å². The van der Waals surface area contributed by atoms with Gasteiger partial charge in [0.05, 0.1) is 18.9 Å². The van der Waals surface area contributed by atoms with Crippen molar-refractivity contribution in [2.24, 2.45) is 0 Å². The summed E-state index contributed by atoms with van der Waals surface area (Å²) in [6.45, 7) is 5.99. The lowest BCUT2D eigenvalue weighted by Gasteiger charge is -2.13. The topological polar surface area (TPSA) is 73.9 Å². The number of hydrogen-bond acceptors (Lipinski definition) is 5. The molecule has 1 amide bonds. The highest BCUT2D eigenvalue weighted by Gasteiger charge is 2.18. The fourth-order valence-electron chi connectivity index (χ4n) is 2.43. The van der Waals surface area contributed by atoms with Crippen molar-refractivity contribution in [2.75, 3.05) is 18.5 Å². The Morgan fingerprint density at radius 1 is 1.03 bits per heavy atom. The van der Waals surface area contributed by atoms with Gasteiger partial charge in [-0.15, -0.1) is 0 Å². The zero-order valence-electron chi connectivity index (χ0n) is 16.9. The number of anilines is 1. The molecule has 0 aromatic heterocycles. The quantitative estimate of drug-likeness (QED) is 0.483. The van der Waals surface area contributed by atoms with Gasteiger partial charge in [0.25, 0.3) is 5.91 Å². The second-order valence-electron chi connectivity index (χ2n) is 6.10. The maximum Gasteiger partial charge on any atom is 0.331 e. The number of ether oxygens (including phenoxy) is 3. The van der Waals surface area contributed by atoms with Crippen LogP contribution in [0.5, 0.6) is 11.5 Å². The van der Waals surface area contributed by atoms with Gasteiger partial charge in [-0.05, 0) is 56.7 Å². The van der Waals surface area contributed by atoms with Gasteiger partial charge in [0.1, 0.15) is 11.6 Å². The Morgan fingerprint density at radius 3 is 2.40 bits per heavy atom. The van der Waals surface area contributed by atoms with Gasteiger partial charge in [-0.2, -0.15) is 0 Å². The highest BCUT2D eigenvalue weighted by molar-refractivity contribution is 5.96. The Labute approximate surface area is 173 Å².